The lowest BCUT2D eigenvalue weighted by Crippen LogP contribution is -2.42. The van der Waals surface area contributed by atoms with Gasteiger partial charge in [0.15, 0.2) is 0 Å². The molecule has 4 nitrogen and oxygen atoms in total. The molecule has 3 rings (SSSR count). The molecular formula is C19H21F2N3O. The number of amides is 1. The molecule has 2 aromatic rings. The fourth-order valence-electron chi connectivity index (χ4n) is 2.81. The van der Waals surface area contributed by atoms with E-state index in [2.05, 4.69) is 24.0 Å². The lowest BCUT2D eigenvalue weighted by Gasteiger charge is -2.31. The van der Waals surface area contributed by atoms with E-state index in [0.717, 1.165) is 17.0 Å². The van der Waals surface area contributed by atoms with Gasteiger partial charge < -0.3 is 4.90 Å². The molecule has 25 heavy (non-hydrogen) atoms. The minimum Gasteiger partial charge on any atom is -0.338 e. The Morgan fingerprint density at radius 3 is 2.20 bits per heavy atom. The van der Waals surface area contributed by atoms with Crippen molar-refractivity contribution in [3.05, 3.63) is 47.7 Å². The van der Waals surface area contributed by atoms with Crippen LogP contribution in [0.2, 0.25) is 0 Å². The molecule has 1 fully saturated rings. The molecular weight excluding hydrogens is 324 g/mol. The Balaban J connectivity index is 1.70. The predicted octanol–water partition coefficient (Wildman–Crippen LogP) is 4.14. The summed E-state index contributed by atoms with van der Waals surface area (Å²) in [5.74, 6) is -2.54. The van der Waals surface area contributed by atoms with Crippen molar-refractivity contribution < 1.29 is 13.6 Å². The van der Waals surface area contributed by atoms with Gasteiger partial charge in [-0.3, -0.25) is 4.79 Å². The van der Waals surface area contributed by atoms with Crippen LogP contribution in [0.5, 0.6) is 0 Å². The first-order valence-corrected chi connectivity index (χ1v) is 8.47. The van der Waals surface area contributed by atoms with Gasteiger partial charge in [-0.25, -0.2) is 8.78 Å². The number of benzene rings is 1. The third kappa shape index (κ3) is 4.00. The molecule has 1 saturated heterocycles. The first kappa shape index (κ1) is 17.5. The van der Waals surface area contributed by atoms with Crippen LogP contribution in [0.25, 0.3) is 11.3 Å². The number of likely N-dealkylation sites (tertiary alicyclic amines) is 1. The Labute approximate surface area is 145 Å². The quantitative estimate of drug-likeness (QED) is 0.840. The summed E-state index contributed by atoms with van der Waals surface area (Å²) in [7, 11) is 0. The van der Waals surface area contributed by atoms with Crippen LogP contribution in [0.1, 0.15) is 48.7 Å². The van der Waals surface area contributed by atoms with E-state index in [1.54, 1.807) is 12.1 Å². The normalized spacial score (nSPS) is 16.9. The van der Waals surface area contributed by atoms with Crippen LogP contribution < -0.4 is 0 Å². The molecule has 0 atom stereocenters. The summed E-state index contributed by atoms with van der Waals surface area (Å²) in [6.07, 6.45) is -0.538. The molecule has 1 aliphatic heterocycles. The molecule has 6 heteroatoms. The van der Waals surface area contributed by atoms with Gasteiger partial charge in [0.25, 0.3) is 11.8 Å². The summed E-state index contributed by atoms with van der Waals surface area (Å²) in [6.45, 7) is 4.30. The van der Waals surface area contributed by atoms with Crippen molar-refractivity contribution in [1.29, 1.82) is 0 Å². The molecule has 2 heterocycles. The standard InChI is InChI=1S/C19H21F2N3O/c1-13(2)16-7-8-17(23-22-16)14-3-5-15(6-4-14)18(25)24-11-9-19(20,21)10-12-24/h3-8,13H,9-12H2,1-2H3. The topological polar surface area (TPSA) is 46.1 Å². The summed E-state index contributed by atoms with van der Waals surface area (Å²) in [5.41, 5.74) is 3.03. The van der Waals surface area contributed by atoms with Crippen molar-refractivity contribution in [2.24, 2.45) is 0 Å². The third-order valence-electron chi connectivity index (χ3n) is 4.49. The Kier molecular flexibility index (Phi) is 4.79. The minimum absolute atomic E-state index is 0.0930. The number of nitrogens with zero attached hydrogens (tertiary/aromatic N) is 3. The number of carbonyl (C=O) groups excluding carboxylic acids is 1. The van der Waals surface area contributed by atoms with E-state index in [0.29, 0.717) is 11.5 Å². The summed E-state index contributed by atoms with van der Waals surface area (Å²) < 4.78 is 26.4. The van der Waals surface area contributed by atoms with E-state index < -0.39 is 5.92 Å². The Morgan fingerprint density at radius 2 is 1.68 bits per heavy atom. The molecule has 0 N–H and O–H groups in total. The zero-order valence-corrected chi connectivity index (χ0v) is 14.4. The van der Waals surface area contributed by atoms with Crippen LogP contribution in [0, 0.1) is 0 Å². The molecule has 0 aliphatic carbocycles. The second kappa shape index (κ2) is 6.86. The maximum Gasteiger partial charge on any atom is 0.253 e. The average Bonchev–Trinajstić information content (AvgIpc) is 2.61. The van der Waals surface area contributed by atoms with Crippen molar-refractivity contribution in [2.45, 2.75) is 38.5 Å². The summed E-state index contributed by atoms with van der Waals surface area (Å²) in [4.78, 5) is 13.9. The van der Waals surface area contributed by atoms with Crippen LogP contribution in [0.3, 0.4) is 0 Å². The van der Waals surface area contributed by atoms with Gasteiger partial charge in [0.05, 0.1) is 11.4 Å². The van der Waals surface area contributed by atoms with Gasteiger partial charge in [-0.2, -0.15) is 10.2 Å². The van der Waals surface area contributed by atoms with E-state index in [4.69, 9.17) is 0 Å². The highest BCUT2D eigenvalue weighted by Crippen LogP contribution is 2.28. The van der Waals surface area contributed by atoms with Gasteiger partial charge in [0, 0.05) is 37.1 Å². The highest BCUT2D eigenvalue weighted by molar-refractivity contribution is 5.94. The van der Waals surface area contributed by atoms with Gasteiger partial charge in [0.2, 0.25) is 0 Å². The second-order valence-corrected chi connectivity index (χ2v) is 6.72. The molecule has 1 aromatic carbocycles. The van der Waals surface area contributed by atoms with E-state index in [9.17, 15) is 13.6 Å². The maximum absolute atomic E-state index is 13.2. The lowest BCUT2D eigenvalue weighted by molar-refractivity contribution is -0.0494. The van der Waals surface area contributed by atoms with Crippen molar-refractivity contribution in [1.82, 2.24) is 15.1 Å². The number of rotatable bonds is 3. The fraction of sp³-hybridized carbons (Fsp3) is 0.421. The van der Waals surface area contributed by atoms with Crippen molar-refractivity contribution in [2.75, 3.05) is 13.1 Å². The zero-order chi connectivity index (χ0) is 18.0. The SMILES string of the molecule is CC(C)c1ccc(-c2ccc(C(=O)N3CCC(F)(F)CC3)cc2)nn1. The molecule has 0 bridgehead atoms. The van der Waals surface area contributed by atoms with Crippen molar-refractivity contribution in [3.8, 4) is 11.3 Å². The number of alkyl halides is 2. The molecule has 1 aliphatic rings. The molecule has 0 saturated carbocycles. The van der Waals surface area contributed by atoms with Gasteiger partial charge >= 0.3 is 0 Å². The first-order chi connectivity index (χ1) is 11.9. The molecule has 1 aromatic heterocycles. The number of piperidine rings is 1. The number of aromatic nitrogens is 2. The molecule has 0 unspecified atom stereocenters. The summed E-state index contributed by atoms with van der Waals surface area (Å²) in [6, 6.07) is 10.9. The summed E-state index contributed by atoms with van der Waals surface area (Å²) in [5, 5.41) is 8.42. The van der Waals surface area contributed by atoms with Gasteiger partial charge in [0.1, 0.15) is 0 Å². The van der Waals surface area contributed by atoms with Crippen molar-refractivity contribution in [3.63, 3.8) is 0 Å². The number of carbonyl (C=O) groups is 1. The fourth-order valence-corrected chi connectivity index (χ4v) is 2.81. The van der Waals surface area contributed by atoms with Gasteiger partial charge in [-0.15, -0.1) is 0 Å². The van der Waals surface area contributed by atoms with E-state index in [1.165, 1.54) is 4.90 Å². The van der Waals surface area contributed by atoms with Crippen LogP contribution >= 0.6 is 0 Å². The van der Waals surface area contributed by atoms with Crippen molar-refractivity contribution >= 4 is 5.91 Å². The Hall–Kier alpha value is -2.37. The molecule has 0 spiro atoms. The smallest absolute Gasteiger partial charge is 0.253 e. The number of hydrogen-bond donors (Lipinski definition) is 0. The first-order valence-electron chi connectivity index (χ1n) is 8.47. The summed E-state index contributed by atoms with van der Waals surface area (Å²) >= 11 is 0. The minimum atomic E-state index is -2.65. The Morgan fingerprint density at radius 1 is 1.04 bits per heavy atom. The third-order valence-corrected chi connectivity index (χ3v) is 4.49. The lowest BCUT2D eigenvalue weighted by atomic mass is 10.0. The van der Waals surface area contributed by atoms with Gasteiger partial charge in [-0.05, 0) is 30.2 Å². The zero-order valence-electron chi connectivity index (χ0n) is 14.4. The molecule has 1 amide bonds. The predicted molar refractivity (Wildman–Crippen MR) is 91.6 cm³/mol. The number of halogens is 2. The molecule has 0 radical (unpaired) electrons. The van der Waals surface area contributed by atoms with E-state index in [1.807, 2.05) is 24.3 Å². The van der Waals surface area contributed by atoms with Crippen LogP contribution in [-0.4, -0.2) is 40.0 Å². The Bertz CT molecular complexity index is 732. The van der Waals surface area contributed by atoms with Crippen LogP contribution in [0.15, 0.2) is 36.4 Å². The second-order valence-electron chi connectivity index (χ2n) is 6.72. The van der Waals surface area contributed by atoms with E-state index >= 15 is 0 Å². The van der Waals surface area contributed by atoms with E-state index in [-0.39, 0.29) is 31.8 Å². The van der Waals surface area contributed by atoms with Crippen LogP contribution in [-0.2, 0) is 0 Å². The van der Waals surface area contributed by atoms with Gasteiger partial charge in [-0.1, -0.05) is 26.0 Å². The maximum atomic E-state index is 13.2. The van der Waals surface area contributed by atoms with Crippen LogP contribution in [0.4, 0.5) is 8.78 Å². The highest BCUT2D eigenvalue weighted by Gasteiger charge is 2.35. The molecule has 132 valence electrons. The highest BCUT2D eigenvalue weighted by atomic mass is 19.3. The monoisotopic (exact) mass is 345 g/mol. The number of hydrogen-bond acceptors (Lipinski definition) is 3. The average molecular weight is 345 g/mol. The largest absolute Gasteiger partial charge is 0.338 e.